The Hall–Kier alpha value is -3.85. The second-order valence-corrected chi connectivity index (χ2v) is 9.21. The predicted octanol–water partition coefficient (Wildman–Crippen LogP) is 4.40. The van der Waals surface area contributed by atoms with E-state index < -0.39 is 0 Å². The third kappa shape index (κ3) is 5.52. The highest BCUT2D eigenvalue weighted by atomic mass is 32.2. The van der Waals surface area contributed by atoms with Crippen molar-refractivity contribution in [2.45, 2.75) is 32.0 Å². The minimum Gasteiger partial charge on any atom is -0.493 e. The number of carbonyl (C=O) groups is 1. The van der Waals surface area contributed by atoms with Crippen LogP contribution in [0.1, 0.15) is 16.7 Å². The van der Waals surface area contributed by atoms with Gasteiger partial charge in [0.2, 0.25) is 5.91 Å². The highest BCUT2D eigenvalue weighted by Crippen LogP contribution is 2.28. The van der Waals surface area contributed by atoms with Crippen molar-refractivity contribution in [2.24, 2.45) is 0 Å². The monoisotopic (exact) mass is 504 g/mol. The second-order valence-electron chi connectivity index (χ2n) is 8.27. The van der Waals surface area contributed by atoms with Gasteiger partial charge in [0, 0.05) is 18.4 Å². The molecule has 0 radical (unpaired) electrons. The molecular weight excluding hydrogens is 476 g/mol. The number of aromatic nitrogens is 3. The van der Waals surface area contributed by atoms with Crippen molar-refractivity contribution in [1.82, 2.24) is 14.5 Å². The van der Waals surface area contributed by atoms with E-state index in [1.807, 2.05) is 50.2 Å². The summed E-state index contributed by atoms with van der Waals surface area (Å²) in [4.78, 5) is 35.0. The lowest BCUT2D eigenvalue weighted by Gasteiger charge is -2.14. The fraction of sp³-hybridized carbons (Fsp3) is 0.259. The summed E-state index contributed by atoms with van der Waals surface area (Å²) in [6.45, 7) is 4.29. The molecule has 0 saturated heterocycles. The molecule has 2 aromatic carbocycles. The first kappa shape index (κ1) is 25.2. The lowest BCUT2D eigenvalue weighted by atomic mass is 10.1. The number of hydrogen-bond acceptors (Lipinski definition) is 7. The first-order chi connectivity index (χ1) is 17.4. The van der Waals surface area contributed by atoms with Gasteiger partial charge in [0.25, 0.3) is 5.56 Å². The zero-order chi connectivity index (χ0) is 25.7. The Labute approximate surface area is 213 Å². The molecule has 0 fully saturated rings. The van der Waals surface area contributed by atoms with Crippen LogP contribution in [0.4, 0.5) is 5.69 Å². The molecule has 0 unspecified atom stereocenters. The normalized spacial score (nSPS) is 10.9. The number of thioether (sulfide) groups is 1. The van der Waals surface area contributed by atoms with Crippen LogP contribution >= 0.6 is 11.8 Å². The van der Waals surface area contributed by atoms with E-state index >= 15 is 0 Å². The smallest absolute Gasteiger partial charge is 0.263 e. The van der Waals surface area contributed by atoms with Gasteiger partial charge in [0.1, 0.15) is 0 Å². The third-order valence-electron chi connectivity index (χ3n) is 5.84. The molecular formula is C27H28N4O4S. The van der Waals surface area contributed by atoms with Crippen LogP contribution in [0.15, 0.2) is 64.7 Å². The van der Waals surface area contributed by atoms with E-state index in [0.717, 1.165) is 22.4 Å². The van der Waals surface area contributed by atoms with Gasteiger partial charge in [-0.1, -0.05) is 36.0 Å². The SMILES string of the molecule is COc1ccc(CCn2c(SCC(=O)Nc3c(C)cccc3C)nc3ncccc3c2=O)cc1OC. The second kappa shape index (κ2) is 11.3. The topological polar surface area (TPSA) is 95.3 Å². The van der Waals surface area contributed by atoms with Crippen molar-refractivity contribution >= 4 is 34.4 Å². The summed E-state index contributed by atoms with van der Waals surface area (Å²) >= 11 is 1.22. The number of nitrogens with one attached hydrogen (secondary N) is 1. The highest BCUT2D eigenvalue weighted by Gasteiger charge is 2.15. The Balaban J connectivity index is 1.58. The summed E-state index contributed by atoms with van der Waals surface area (Å²) in [5, 5.41) is 3.87. The molecule has 8 nitrogen and oxygen atoms in total. The summed E-state index contributed by atoms with van der Waals surface area (Å²) in [5.41, 5.74) is 3.95. The molecule has 0 bridgehead atoms. The molecule has 0 aliphatic heterocycles. The number of ether oxygens (including phenoxy) is 2. The van der Waals surface area contributed by atoms with Crippen LogP contribution in [0.25, 0.3) is 11.0 Å². The van der Waals surface area contributed by atoms with E-state index in [2.05, 4.69) is 15.3 Å². The van der Waals surface area contributed by atoms with Crippen LogP contribution in [0.5, 0.6) is 11.5 Å². The molecule has 186 valence electrons. The number of methoxy groups -OCH3 is 2. The van der Waals surface area contributed by atoms with Crippen molar-refractivity contribution in [1.29, 1.82) is 0 Å². The van der Waals surface area contributed by atoms with Gasteiger partial charge < -0.3 is 14.8 Å². The van der Waals surface area contributed by atoms with Crippen molar-refractivity contribution in [3.8, 4) is 11.5 Å². The molecule has 0 spiro atoms. The number of rotatable bonds is 9. The van der Waals surface area contributed by atoms with Crippen LogP contribution in [-0.2, 0) is 17.8 Å². The largest absolute Gasteiger partial charge is 0.493 e. The van der Waals surface area contributed by atoms with Gasteiger partial charge >= 0.3 is 0 Å². The maximum Gasteiger partial charge on any atom is 0.263 e. The number of hydrogen-bond donors (Lipinski definition) is 1. The summed E-state index contributed by atoms with van der Waals surface area (Å²) < 4.78 is 12.3. The quantitative estimate of drug-likeness (QED) is 0.267. The molecule has 1 amide bonds. The van der Waals surface area contributed by atoms with Gasteiger partial charge in [-0.15, -0.1) is 0 Å². The summed E-state index contributed by atoms with van der Waals surface area (Å²) in [5.74, 6) is 1.21. The zero-order valence-electron chi connectivity index (χ0n) is 20.7. The fourth-order valence-corrected chi connectivity index (χ4v) is 4.75. The summed E-state index contributed by atoms with van der Waals surface area (Å²) in [6.07, 6.45) is 2.17. The molecule has 2 heterocycles. The van der Waals surface area contributed by atoms with Crippen molar-refractivity contribution in [2.75, 3.05) is 25.3 Å². The number of anilines is 1. The molecule has 4 aromatic rings. The van der Waals surface area contributed by atoms with Gasteiger partial charge in [-0.2, -0.15) is 0 Å². The molecule has 9 heteroatoms. The Morgan fingerprint density at radius 3 is 2.50 bits per heavy atom. The average molecular weight is 505 g/mol. The molecule has 0 aliphatic carbocycles. The molecule has 4 rings (SSSR count). The Kier molecular flexibility index (Phi) is 7.90. The number of fused-ring (bicyclic) bond motifs is 1. The van der Waals surface area contributed by atoms with E-state index in [1.54, 1.807) is 37.1 Å². The van der Waals surface area contributed by atoms with Crippen molar-refractivity contribution in [3.63, 3.8) is 0 Å². The van der Waals surface area contributed by atoms with E-state index in [-0.39, 0.29) is 17.2 Å². The molecule has 1 N–H and O–H groups in total. The van der Waals surface area contributed by atoms with E-state index in [0.29, 0.717) is 40.7 Å². The Morgan fingerprint density at radius 2 is 1.78 bits per heavy atom. The van der Waals surface area contributed by atoms with Gasteiger partial charge in [-0.3, -0.25) is 14.2 Å². The van der Waals surface area contributed by atoms with Crippen LogP contribution < -0.4 is 20.3 Å². The standard InChI is InChI=1S/C27H28N4O4S/c1-17-7-5-8-18(2)24(17)29-23(32)16-36-27-30-25-20(9-6-13-28-25)26(33)31(27)14-12-19-10-11-21(34-3)22(15-19)35-4/h5-11,13,15H,12,14,16H2,1-4H3,(H,29,32). The number of para-hydroxylation sites is 1. The van der Waals surface area contributed by atoms with E-state index in [9.17, 15) is 9.59 Å². The third-order valence-corrected chi connectivity index (χ3v) is 6.82. The van der Waals surface area contributed by atoms with Gasteiger partial charge in [-0.25, -0.2) is 9.97 Å². The number of amides is 1. The van der Waals surface area contributed by atoms with Gasteiger partial charge in [-0.05, 0) is 61.2 Å². The Morgan fingerprint density at radius 1 is 1.03 bits per heavy atom. The van der Waals surface area contributed by atoms with E-state index in [4.69, 9.17) is 9.47 Å². The first-order valence-corrected chi connectivity index (χ1v) is 12.4. The lowest BCUT2D eigenvalue weighted by Crippen LogP contribution is -2.25. The maximum atomic E-state index is 13.3. The number of pyridine rings is 1. The molecule has 2 aromatic heterocycles. The van der Waals surface area contributed by atoms with Crippen LogP contribution in [0, 0.1) is 13.8 Å². The lowest BCUT2D eigenvalue weighted by molar-refractivity contribution is -0.113. The predicted molar refractivity (Wildman–Crippen MR) is 142 cm³/mol. The number of carbonyl (C=O) groups excluding carboxylic acids is 1. The van der Waals surface area contributed by atoms with Crippen LogP contribution in [-0.4, -0.2) is 40.4 Å². The van der Waals surface area contributed by atoms with Crippen LogP contribution in [0.2, 0.25) is 0 Å². The average Bonchev–Trinajstić information content (AvgIpc) is 2.89. The molecule has 0 atom stereocenters. The number of aryl methyl sites for hydroxylation is 3. The molecule has 0 aliphatic rings. The first-order valence-electron chi connectivity index (χ1n) is 11.5. The number of nitrogens with zero attached hydrogens (tertiary/aromatic N) is 3. The van der Waals surface area contributed by atoms with Crippen molar-refractivity contribution < 1.29 is 14.3 Å². The molecule has 0 saturated carbocycles. The zero-order valence-corrected chi connectivity index (χ0v) is 21.5. The Bertz CT molecular complexity index is 1450. The van der Waals surface area contributed by atoms with Crippen molar-refractivity contribution in [3.05, 3.63) is 81.8 Å². The molecule has 36 heavy (non-hydrogen) atoms. The minimum atomic E-state index is -0.189. The van der Waals surface area contributed by atoms with Gasteiger partial charge in [0.05, 0.1) is 25.4 Å². The summed E-state index contributed by atoms with van der Waals surface area (Å²) in [7, 11) is 3.18. The fourth-order valence-electron chi connectivity index (χ4n) is 3.94. The summed E-state index contributed by atoms with van der Waals surface area (Å²) in [6, 6.07) is 15.0. The maximum absolute atomic E-state index is 13.3. The van der Waals surface area contributed by atoms with Crippen LogP contribution in [0.3, 0.4) is 0 Å². The highest BCUT2D eigenvalue weighted by molar-refractivity contribution is 7.99. The van der Waals surface area contributed by atoms with E-state index in [1.165, 1.54) is 11.8 Å². The van der Waals surface area contributed by atoms with Gasteiger partial charge in [0.15, 0.2) is 22.3 Å². The minimum absolute atomic E-state index is 0.106. The number of benzene rings is 2.